The lowest BCUT2D eigenvalue weighted by atomic mass is 10.1. The van der Waals surface area contributed by atoms with Gasteiger partial charge in [-0.15, -0.1) is 0 Å². The van der Waals surface area contributed by atoms with Crippen LogP contribution in [0.4, 0.5) is 0 Å². The number of carbonyl (C=O) groups excluding carboxylic acids is 1. The number of esters is 1. The van der Waals surface area contributed by atoms with Gasteiger partial charge in [-0.25, -0.2) is 4.79 Å². The van der Waals surface area contributed by atoms with Gasteiger partial charge >= 0.3 is 5.97 Å². The fourth-order valence-electron chi connectivity index (χ4n) is 2.34. The molecule has 106 valence electrons. The van der Waals surface area contributed by atoms with E-state index in [4.69, 9.17) is 4.74 Å². The minimum absolute atomic E-state index is 0.292. The van der Waals surface area contributed by atoms with Crippen molar-refractivity contribution in [3.05, 3.63) is 17.5 Å². The maximum Gasteiger partial charge on any atom is 0.341 e. The van der Waals surface area contributed by atoms with Gasteiger partial charge in [0.1, 0.15) is 5.56 Å². The molecule has 1 aromatic rings. The largest absolute Gasteiger partial charge is 0.462 e. The normalized spacial score (nSPS) is 20.3. The Morgan fingerprint density at radius 3 is 2.89 bits per heavy atom. The van der Waals surface area contributed by atoms with E-state index in [-0.39, 0.29) is 5.97 Å². The van der Waals surface area contributed by atoms with Crippen LogP contribution in [0.1, 0.15) is 43.2 Å². The Balaban J connectivity index is 1.92. The third kappa shape index (κ3) is 3.15. The molecule has 1 unspecified atom stereocenters. The van der Waals surface area contributed by atoms with Crippen LogP contribution in [0, 0.1) is 11.3 Å². The molecule has 1 N–H and O–H groups in total. The smallest absolute Gasteiger partial charge is 0.341 e. The molecule has 1 saturated carbocycles. The maximum atomic E-state index is 11.8. The summed E-state index contributed by atoms with van der Waals surface area (Å²) >= 11 is 0. The lowest BCUT2D eigenvalue weighted by Gasteiger charge is -2.08. The van der Waals surface area contributed by atoms with Crippen LogP contribution >= 0.6 is 0 Å². The molecule has 0 amide bonds. The number of nitrogens with zero attached hydrogens (tertiary/aromatic N) is 2. The lowest BCUT2D eigenvalue weighted by molar-refractivity contribution is 0.0524. The molecule has 0 aliphatic heterocycles. The molecule has 1 fully saturated rings. The van der Waals surface area contributed by atoms with Crippen molar-refractivity contribution in [1.29, 1.82) is 0 Å². The second-order valence-corrected chi connectivity index (χ2v) is 5.87. The van der Waals surface area contributed by atoms with E-state index in [2.05, 4.69) is 24.3 Å². The zero-order valence-corrected chi connectivity index (χ0v) is 12.2. The van der Waals surface area contributed by atoms with Crippen molar-refractivity contribution in [2.75, 3.05) is 13.2 Å². The van der Waals surface area contributed by atoms with Crippen molar-refractivity contribution in [3.63, 3.8) is 0 Å². The Morgan fingerprint density at radius 1 is 1.63 bits per heavy atom. The van der Waals surface area contributed by atoms with Gasteiger partial charge in [0.05, 0.1) is 18.5 Å². The summed E-state index contributed by atoms with van der Waals surface area (Å²) in [6.07, 6.45) is 2.85. The summed E-state index contributed by atoms with van der Waals surface area (Å²) in [7, 11) is 1.85. The Bertz CT molecular complexity index is 465. The monoisotopic (exact) mass is 265 g/mol. The fourth-order valence-corrected chi connectivity index (χ4v) is 2.34. The Kier molecular flexibility index (Phi) is 3.94. The first-order valence-corrected chi connectivity index (χ1v) is 6.84. The molecule has 0 spiro atoms. The van der Waals surface area contributed by atoms with E-state index in [1.165, 1.54) is 6.42 Å². The van der Waals surface area contributed by atoms with Gasteiger partial charge in [-0.1, -0.05) is 13.8 Å². The Labute approximate surface area is 114 Å². The number of hydrogen-bond donors (Lipinski definition) is 1. The van der Waals surface area contributed by atoms with Gasteiger partial charge in [0.15, 0.2) is 0 Å². The van der Waals surface area contributed by atoms with Gasteiger partial charge in [-0.05, 0) is 31.2 Å². The van der Waals surface area contributed by atoms with E-state index < -0.39 is 0 Å². The highest BCUT2D eigenvalue weighted by atomic mass is 16.5. The van der Waals surface area contributed by atoms with Crippen LogP contribution in [-0.2, 0) is 18.3 Å². The second kappa shape index (κ2) is 5.33. The van der Waals surface area contributed by atoms with Crippen molar-refractivity contribution in [2.45, 2.75) is 33.7 Å². The Hall–Kier alpha value is -1.36. The SMILES string of the molecule is CCOC(=O)c1cnn(C)c1CNCC1CC1(C)C. The molecular weight excluding hydrogens is 242 g/mol. The average molecular weight is 265 g/mol. The van der Waals surface area contributed by atoms with Crippen molar-refractivity contribution in [1.82, 2.24) is 15.1 Å². The van der Waals surface area contributed by atoms with Crippen LogP contribution in [0.2, 0.25) is 0 Å². The van der Waals surface area contributed by atoms with Crippen molar-refractivity contribution >= 4 is 5.97 Å². The Morgan fingerprint density at radius 2 is 2.32 bits per heavy atom. The van der Waals surface area contributed by atoms with E-state index in [1.807, 2.05) is 7.05 Å². The summed E-state index contributed by atoms with van der Waals surface area (Å²) in [5.74, 6) is 0.450. The average Bonchev–Trinajstić information content (AvgIpc) is 2.77. The number of ether oxygens (including phenoxy) is 1. The molecule has 0 aromatic carbocycles. The third-order valence-corrected chi connectivity index (χ3v) is 3.96. The highest BCUT2D eigenvalue weighted by Gasteiger charge is 2.44. The van der Waals surface area contributed by atoms with Crippen molar-refractivity contribution in [3.8, 4) is 0 Å². The first-order chi connectivity index (χ1) is 8.95. The lowest BCUT2D eigenvalue weighted by Crippen LogP contribution is -2.21. The van der Waals surface area contributed by atoms with Crippen LogP contribution in [0.25, 0.3) is 0 Å². The number of aromatic nitrogens is 2. The van der Waals surface area contributed by atoms with Gasteiger partial charge in [-0.3, -0.25) is 4.68 Å². The molecule has 0 saturated heterocycles. The van der Waals surface area contributed by atoms with Crippen LogP contribution in [0.15, 0.2) is 6.20 Å². The summed E-state index contributed by atoms with van der Waals surface area (Å²) in [5, 5.41) is 7.55. The van der Waals surface area contributed by atoms with Gasteiger partial charge < -0.3 is 10.1 Å². The van der Waals surface area contributed by atoms with Crippen LogP contribution in [0.3, 0.4) is 0 Å². The summed E-state index contributed by atoms with van der Waals surface area (Å²) in [4.78, 5) is 11.8. The zero-order valence-electron chi connectivity index (χ0n) is 12.2. The molecule has 19 heavy (non-hydrogen) atoms. The standard InChI is InChI=1S/C14H23N3O2/c1-5-19-13(18)11-8-16-17(4)12(11)9-15-7-10-6-14(10,2)3/h8,10,15H,5-7,9H2,1-4H3. The van der Waals surface area contributed by atoms with E-state index in [1.54, 1.807) is 17.8 Å². The predicted octanol–water partition coefficient (Wildman–Crippen LogP) is 1.73. The van der Waals surface area contributed by atoms with Gasteiger partial charge in [-0.2, -0.15) is 5.10 Å². The van der Waals surface area contributed by atoms with Gasteiger partial charge in [0, 0.05) is 13.6 Å². The van der Waals surface area contributed by atoms with Crippen LogP contribution in [-0.4, -0.2) is 28.9 Å². The summed E-state index contributed by atoms with van der Waals surface area (Å²) in [5.41, 5.74) is 1.92. The topological polar surface area (TPSA) is 56.1 Å². The third-order valence-electron chi connectivity index (χ3n) is 3.96. The second-order valence-electron chi connectivity index (χ2n) is 5.87. The predicted molar refractivity (Wildman–Crippen MR) is 72.8 cm³/mol. The minimum Gasteiger partial charge on any atom is -0.462 e. The number of carbonyl (C=O) groups is 1. The van der Waals surface area contributed by atoms with Gasteiger partial charge in [0.2, 0.25) is 0 Å². The molecule has 1 aliphatic carbocycles. The maximum absolute atomic E-state index is 11.8. The van der Waals surface area contributed by atoms with E-state index in [0.717, 1.165) is 18.2 Å². The summed E-state index contributed by atoms with van der Waals surface area (Å²) in [6.45, 7) is 8.40. The highest BCUT2D eigenvalue weighted by molar-refractivity contribution is 5.90. The van der Waals surface area contributed by atoms with Crippen molar-refractivity contribution in [2.24, 2.45) is 18.4 Å². The number of hydrogen-bond acceptors (Lipinski definition) is 4. The van der Waals surface area contributed by atoms with Crippen LogP contribution in [0.5, 0.6) is 0 Å². The molecule has 1 aromatic heterocycles. The molecule has 5 nitrogen and oxygen atoms in total. The number of nitrogens with one attached hydrogen (secondary N) is 1. The van der Waals surface area contributed by atoms with Gasteiger partial charge in [0.25, 0.3) is 0 Å². The quantitative estimate of drug-likeness (QED) is 0.796. The first kappa shape index (κ1) is 14.1. The molecule has 1 atom stereocenters. The molecule has 2 rings (SSSR count). The summed E-state index contributed by atoms with van der Waals surface area (Å²) < 4.78 is 6.77. The van der Waals surface area contributed by atoms with E-state index >= 15 is 0 Å². The zero-order chi connectivity index (χ0) is 14.0. The molecule has 0 bridgehead atoms. The molecule has 0 radical (unpaired) electrons. The first-order valence-electron chi connectivity index (χ1n) is 6.84. The number of rotatable bonds is 6. The molecular formula is C14H23N3O2. The highest BCUT2D eigenvalue weighted by Crippen LogP contribution is 2.50. The van der Waals surface area contributed by atoms with Crippen LogP contribution < -0.4 is 5.32 Å². The minimum atomic E-state index is -0.292. The molecule has 1 aliphatic rings. The molecule has 5 heteroatoms. The molecule has 1 heterocycles. The summed E-state index contributed by atoms with van der Waals surface area (Å²) in [6, 6.07) is 0. The number of aryl methyl sites for hydroxylation is 1. The van der Waals surface area contributed by atoms with E-state index in [9.17, 15) is 4.79 Å². The van der Waals surface area contributed by atoms with E-state index in [0.29, 0.717) is 24.1 Å². The fraction of sp³-hybridized carbons (Fsp3) is 0.714. The van der Waals surface area contributed by atoms with Crippen molar-refractivity contribution < 1.29 is 9.53 Å².